The summed E-state index contributed by atoms with van der Waals surface area (Å²) in [6.45, 7) is 7.14. The maximum atomic E-state index is 12.9. The molecule has 4 nitrogen and oxygen atoms in total. The Hall–Kier alpha value is -0.910. The van der Waals surface area contributed by atoms with Gasteiger partial charge in [-0.2, -0.15) is 0 Å². The topological polar surface area (TPSA) is 41.6 Å². The summed E-state index contributed by atoms with van der Waals surface area (Å²) in [5.74, 6) is 0.507. The summed E-state index contributed by atoms with van der Waals surface area (Å²) in [5.41, 5.74) is 0. The van der Waals surface area contributed by atoms with Gasteiger partial charge in [0.05, 0.1) is 18.2 Å². The monoisotopic (exact) mass is 308 g/mol. The minimum absolute atomic E-state index is 0.0101. The van der Waals surface area contributed by atoms with Crippen LogP contribution in [0.1, 0.15) is 44.7 Å². The second-order valence-electron chi connectivity index (χ2n) is 6.34. The number of carbonyl (C=O) groups is 1. The third kappa shape index (κ3) is 2.74. The van der Waals surface area contributed by atoms with Gasteiger partial charge >= 0.3 is 0 Å². The van der Waals surface area contributed by atoms with Gasteiger partial charge in [0, 0.05) is 11.5 Å². The maximum absolute atomic E-state index is 12.9. The van der Waals surface area contributed by atoms with Crippen LogP contribution in [0.25, 0.3) is 0 Å². The molecule has 5 heteroatoms. The van der Waals surface area contributed by atoms with Gasteiger partial charge in [-0.1, -0.05) is 19.9 Å². The van der Waals surface area contributed by atoms with Crippen molar-refractivity contribution >= 4 is 17.2 Å². The normalized spacial score (nSPS) is 31.3. The average Bonchev–Trinajstić information content (AvgIpc) is 3.18. The molecule has 4 atom stereocenters. The molecule has 2 saturated heterocycles. The summed E-state index contributed by atoms with van der Waals surface area (Å²) in [7, 11) is 0. The van der Waals surface area contributed by atoms with E-state index in [2.05, 4.69) is 37.5 Å². The number of rotatable bonds is 4. The van der Waals surface area contributed by atoms with Crippen molar-refractivity contribution in [3.63, 3.8) is 0 Å². The number of hydrogen-bond acceptors (Lipinski definition) is 4. The molecule has 0 bridgehead atoms. The third-order valence-electron chi connectivity index (χ3n) is 4.56. The van der Waals surface area contributed by atoms with E-state index in [-0.39, 0.29) is 30.3 Å². The molecule has 1 N–H and O–H groups in total. The molecular formula is C16H24N2O2S. The number of carbonyl (C=O) groups excluding carboxylic acids is 1. The molecule has 0 aliphatic carbocycles. The highest BCUT2D eigenvalue weighted by molar-refractivity contribution is 7.10. The summed E-state index contributed by atoms with van der Waals surface area (Å²) < 4.78 is 5.82. The van der Waals surface area contributed by atoms with E-state index in [1.54, 1.807) is 11.3 Å². The third-order valence-corrected chi connectivity index (χ3v) is 5.48. The Morgan fingerprint density at radius 3 is 2.81 bits per heavy atom. The predicted molar refractivity (Wildman–Crippen MR) is 84.1 cm³/mol. The van der Waals surface area contributed by atoms with Crippen LogP contribution in [-0.4, -0.2) is 35.6 Å². The van der Waals surface area contributed by atoms with Crippen LogP contribution in [0.4, 0.5) is 0 Å². The molecule has 0 radical (unpaired) electrons. The van der Waals surface area contributed by atoms with Crippen molar-refractivity contribution < 1.29 is 9.53 Å². The minimum atomic E-state index is -0.0963. The summed E-state index contributed by atoms with van der Waals surface area (Å²) in [6.07, 6.45) is 2.31. The van der Waals surface area contributed by atoms with Gasteiger partial charge in [0.15, 0.2) is 0 Å². The van der Waals surface area contributed by atoms with E-state index in [1.165, 1.54) is 4.88 Å². The Labute approximate surface area is 130 Å². The molecule has 2 aliphatic rings. The zero-order valence-corrected chi connectivity index (χ0v) is 13.7. The van der Waals surface area contributed by atoms with Crippen LogP contribution in [0.2, 0.25) is 0 Å². The molecule has 1 amide bonds. The van der Waals surface area contributed by atoms with E-state index >= 15 is 0 Å². The summed E-state index contributed by atoms with van der Waals surface area (Å²) in [6, 6.07) is 4.17. The molecule has 0 saturated carbocycles. The second-order valence-corrected chi connectivity index (χ2v) is 7.32. The Morgan fingerprint density at radius 1 is 1.43 bits per heavy atom. The van der Waals surface area contributed by atoms with Crippen molar-refractivity contribution in [3.05, 3.63) is 22.4 Å². The molecule has 0 spiro atoms. The molecule has 116 valence electrons. The largest absolute Gasteiger partial charge is 0.376 e. The number of amides is 1. The van der Waals surface area contributed by atoms with Crippen LogP contribution in [0, 0.1) is 5.92 Å². The first-order valence-corrected chi connectivity index (χ1v) is 8.70. The molecule has 1 aromatic heterocycles. The molecular weight excluding hydrogens is 284 g/mol. The Balaban J connectivity index is 1.87. The van der Waals surface area contributed by atoms with Gasteiger partial charge < -0.3 is 9.64 Å². The average molecular weight is 308 g/mol. The smallest absolute Gasteiger partial charge is 0.241 e. The van der Waals surface area contributed by atoms with Gasteiger partial charge in [-0.25, -0.2) is 0 Å². The van der Waals surface area contributed by atoms with Crippen LogP contribution in [0.15, 0.2) is 17.5 Å². The van der Waals surface area contributed by atoms with Gasteiger partial charge in [0.2, 0.25) is 5.91 Å². The van der Waals surface area contributed by atoms with Gasteiger partial charge in [0.25, 0.3) is 0 Å². The molecule has 21 heavy (non-hydrogen) atoms. The lowest BCUT2D eigenvalue weighted by atomic mass is 10.0. The Bertz CT molecular complexity index is 482. The fraction of sp³-hybridized carbons (Fsp3) is 0.688. The first-order valence-electron chi connectivity index (χ1n) is 7.83. The molecule has 2 fully saturated rings. The molecule has 3 rings (SSSR count). The first-order chi connectivity index (χ1) is 10.1. The van der Waals surface area contributed by atoms with Crippen molar-refractivity contribution in [2.45, 2.75) is 58.0 Å². The van der Waals surface area contributed by atoms with Crippen molar-refractivity contribution in [1.82, 2.24) is 10.2 Å². The highest BCUT2D eigenvalue weighted by Gasteiger charge is 2.45. The summed E-state index contributed by atoms with van der Waals surface area (Å²) in [5, 5.41) is 5.60. The van der Waals surface area contributed by atoms with Crippen LogP contribution in [0.5, 0.6) is 0 Å². The van der Waals surface area contributed by atoms with Crippen LogP contribution in [0.3, 0.4) is 0 Å². The van der Waals surface area contributed by atoms with E-state index in [0.717, 1.165) is 19.4 Å². The van der Waals surface area contributed by atoms with Gasteiger partial charge in [-0.05, 0) is 37.1 Å². The maximum Gasteiger partial charge on any atom is 0.241 e. The van der Waals surface area contributed by atoms with Crippen LogP contribution >= 0.6 is 11.3 Å². The number of nitrogens with one attached hydrogen (secondary N) is 1. The minimum Gasteiger partial charge on any atom is -0.376 e. The van der Waals surface area contributed by atoms with E-state index < -0.39 is 0 Å². The molecule has 3 heterocycles. The SMILES string of the molecule is CC(C)C1NC(c2cccs2)N(C(C)C2CCCO2)C1=O. The van der Waals surface area contributed by atoms with Gasteiger partial charge in [-0.3, -0.25) is 10.1 Å². The van der Waals surface area contributed by atoms with Crippen molar-refractivity contribution in [2.75, 3.05) is 6.61 Å². The van der Waals surface area contributed by atoms with E-state index in [1.807, 2.05) is 11.0 Å². The standard InChI is InChI=1S/C16H24N2O2S/c1-10(2)14-16(19)18(11(3)12-6-4-8-20-12)15(17-14)13-7-5-9-21-13/h5,7,9-12,14-15,17H,4,6,8H2,1-3H3. The zero-order valence-electron chi connectivity index (χ0n) is 12.9. The Kier molecular flexibility index (Phi) is 4.33. The Morgan fingerprint density at radius 2 is 2.24 bits per heavy atom. The fourth-order valence-corrected chi connectivity index (χ4v) is 4.13. The van der Waals surface area contributed by atoms with Crippen molar-refractivity contribution in [3.8, 4) is 0 Å². The lowest BCUT2D eigenvalue weighted by molar-refractivity contribution is -0.135. The number of ether oxygens (including phenoxy) is 1. The molecule has 2 aliphatic heterocycles. The first kappa shape index (κ1) is 15.0. The summed E-state index contributed by atoms with van der Waals surface area (Å²) >= 11 is 1.70. The number of thiophene rings is 1. The van der Waals surface area contributed by atoms with E-state index in [0.29, 0.717) is 5.92 Å². The quantitative estimate of drug-likeness (QED) is 0.930. The zero-order chi connectivity index (χ0) is 15.0. The van der Waals surface area contributed by atoms with Crippen LogP contribution in [-0.2, 0) is 9.53 Å². The summed E-state index contributed by atoms with van der Waals surface area (Å²) in [4.78, 5) is 16.1. The molecule has 4 unspecified atom stereocenters. The van der Waals surface area contributed by atoms with Crippen LogP contribution < -0.4 is 5.32 Å². The van der Waals surface area contributed by atoms with Crippen molar-refractivity contribution in [1.29, 1.82) is 0 Å². The number of hydrogen-bond donors (Lipinski definition) is 1. The second kappa shape index (κ2) is 6.07. The molecule has 0 aromatic carbocycles. The molecule has 1 aromatic rings. The lowest BCUT2D eigenvalue weighted by Crippen LogP contribution is -2.45. The van der Waals surface area contributed by atoms with E-state index in [9.17, 15) is 4.79 Å². The van der Waals surface area contributed by atoms with E-state index in [4.69, 9.17) is 4.74 Å². The lowest BCUT2D eigenvalue weighted by Gasteiger charge is -2.33. The predicted octanol–water partition coefficient (Wildman–Crippen LogP) is 2.77. The number of nitrogens with zero attached hydrogens (tertiary/aromatic N) is 1. The van der Waals surface area contributed by atoms with Crippen molar-refractivity contribution in [2.24, 2.45) is 5.92 Å². The highest BCUT2D eigenvalue weighted by atomic mass is 32.1. The highest BCUT2D eigenvalue weighted by Crippen LogP contribution is 2.34. The fourth-order valence-electron chi connectivity index (χ4n) is 3.35. The van der Waals surface area contributed by atoms with Gasteiger partial charge in [0.1, 0.15) is 6.17 Å². The van der Waals surface area contributed by atoms with Gasteiger partial charge in [-0.15, -0.1) is 11.3 Å².